The molecule has 124 valence electrons. The molecule has 0 atom stereocenters. The van der Waals surface area contributed by atoms with Gasteiger partial charge in [0.05, 0.1) is 0 Å². The Morgan fingerprint density at radius 3 is 2.57 bits per heavy atom. The first-order valence-electron chi connectivity index (χ1n) is 7.73. The fourth-order valence-corrected chi connectivity index (χ4v) is 3.84. The Hall–Kier alpha value is -1.71. The minimum Gasteiger partial charge on any atom is -0.316 e. The zero-order chi connectivity index (χ0) is 16.9. The van der Waals surface area contributed by atoms with Crippen molar-refractivity contribution in [2.24, 2.45) is 0 Å². The molecule has 1 aliphatic rings. The first-order valence-corrected chi connectivity index (χ1v) is 9.79. The summed E-state index contributed by atoms with van der Waals surface area (Å²) >= 11 is 0. The quantitative estimate of drug-likeness (QED) is 0.805. The Kier molecular flexibility index (Phi) is 5.55. The van der Waals surface area contributed by atoms with E-state index in [1.807, 2.05) is 24.3 Å². The van der Waals surface area contributed by atoms with E-state index in [9.17, 15) is 13.2 Å². The van der Waals surface area contributed by atoms with Gasteiger partial charge in [-0.05, 0) is 12.0 Å². The molecule has 6 heteroatoms. The van der Waals surface area contributed by atoms with Crippen LogP contribution in [0.25, 0.3) is 4.85 Å². The molecule has 0 spiro atoms. The Labute approximate surface area is 137 Å². The molecule has 23 heavy (non-hydrogen) atoms. The van der Waals surface area contributed by atoms with E-state index in [1.165, 1.54) is 0 Å². The van der Waals surface area contributed by atoms with E-state index in [2.05, 4.69) is 10.2 Å². The molecule has 0 bridgehead atoms. The Morgan fingerprint density at radius 1 is 1.30 bits per heavy atom. The third-order valence-corrected chi connectivity index (χ3v) is 5.11. The number of ketones is 1. The first-order chi connectivity index (χ1) is 10.9. The maximum Gasteiger partial charge on any atom is 0.260 e. The number of nitrogens with zero attached hydrogens (tertiary/aromatic N) is 1. The van der Waals surface area contributed by atoms with Crippen LogP contribution >= 0.6 is 0 Å². The van der Waals surface area contributed by atoms with E-state index in [0.29, 0.717) is 6.42 Å². The van der Waals surface area contributed by atoms with Crippen molar-refractivity contribution in [2.45, 2.75) is 31.2 Å². The second-order valence-electron chi connectivity index (χ2n) is 6.16. The third kappa shape index (κ3) is 4.63. The molecule has 5 nitrogen and oxygen atoms in total. The van der Waals surface area contributed by atoms with Gasteiger partial charge in [-0.2, -0.15) is 0 Å². The predicted molar refractivity (Wildman–Crippen MR) is 89.9 cm³/mol. The summed E-state index contributed by atoms with van der Waals surface area (Å²) < 4.78 is 22.4. The number of nitrogens with one attached hydrogen (secondary N) is 1. The summed E-state index contributed by atoms with van der Waals surface area (Å²) in [5, 5.41) is 3.27. The minimum absolute atomic E-state index is 0.191. The Balaban J connectivity index is 2.18. The van der Waals surface area contributed by atoms with Crippen LogP contribution in [0.15, 0.2) is 24.3 Å². The first kappa shape index (κ1) is 17.6. The zero-order valence-corrected chi connectivity index (χ0v) is 14.2. The lowest BCUT2D eigenvalue weighted by atomic mass is 9.79. The van der Waals surface area contributed by atoms with Crippen LogP contribution in [0.1, 0.15) is 30.4 Å². The van der Waals surface area contributed by atoms with E-state index < -0.39 is 21.1 Å². The van der Waals surface area contributed by atoms with Crippen LogP contribution < -0.4 is 5.32 Å². The van der Waals surface area contributed by atoms with Gasteiger partial charge >= 0.3 is 0 Å². The predicted octanol–water partition coefficient (Wildman–Crippen LogP) is 1.73. The summed E-state index contributed by atoms with van der Waals surface area (Å²) in [7, 11) is -3.28. The number of piperidine rings is 1. The molecular weight excluding hydrogens is 312 g/mol. The SMILES string of the molecule is [C-]#[N+]C1(c2ccccc2CCC(=O)CS(C)(=O)=O)CCNCC1. The molecule has 1 aliphatic heterocycles. The van der Waals surface area contributed by atoms with Gasteiger partial charge in [-0.1, -0.05) is 24.3 Å². The number of Topliss-reactive ketones (excluding diaryl/α,β-unsaturated/α-hetero) is 1. The van der Waals surface area contributed by atoms with Crippen molar-refractivity contribution in [2.75, 3.05) is 25.1 Å². The fraction of sp³-hybridized carbons (Fsp3) is 0.529. The van der Waals surface area contributed by atoms with Crippen LogP contribution in [0, 0.1) is 6.57 Å². The van der Waals surface area contributed by atoms with Gasteiger partial charge in [-0.25, -0.2) is 15.0 Å². The van der Waals surface area contributed by atoms with Crippen molar-refractivity contribution in [3.05, 3.63) is 46.8 Å². The van der Waals surface area contributed by atoms with Crippen LogP contribution in [0.4, 0.5) is 0 Å². The number of sulfone groups is 1. The van der Waals surface area contributed by atoms with Crippen molar-refractivity contribution < 1.29 is 13.2 Å². The summed E-state index contributed by atoms with van der Waals surface area (Å²) in [4.78, 5) is 15.7. The molecule has 2 rings (SSSR count). The molecule has 0 radical (unpaired) electrons. The standard InChI is InChI=1S/C17H22N2O3S/c1-18-17(9-11-19-12-10-17)16-6-4-3-5-14(16)7-8-15(20)13-23(2,21)22/h3-6,19H,7-13H2,2H3. The van der Waals surface area contributed by atoms with Crippen LogP contribution in [0.5, 0.6) is 0 Å². The van der Waals surface area contributed by atoms with E-state index in [4.69, 9.17) is 6.57 Å². The average Bonchev–Trinajstić information content (AvgIpc) is 2.52. The van der Waals surface area contributed by atoms with Crippen molar-refractivity contribution in [1.82, 2.24) is 5.32 Å². The van der Waals surface area contributed by atoms with E-state index >= 15 is 0 Å². The van der Waals surface area contributed by atoms with Gasteiger partial charge in [0.15, 0.2) is 9.84 Å². The van der Waals surface area contributed by atoms with E-state index in [0.717, 1.165) is 43.3 Å². The van der Waals surface area contributed by atoms with Crippen molar-refractivity contribution in [1.29, 1.82) is 0 Å². The second kappa shape index (κ2) is 7.24. The smallest absolute Gasteiger partial charge is 0.260 e. The van der Waals surface area contributed by atoms with Crippen LogP contribution in [-0.2, 0) is 26.6 Å². The summed E-state index contributed by atoms with van der Waals surface area (Å²) in [6, 6.07) is 7.74. The molecule has 1 saturated heterocycles. The highest BCUT2D eigenvalue weighted by Crippen LogP contribution is 2.37. The maximum atomic E-state index is 11.8. The van der Waals surface area contributed by atoms with Crippen LogP contribution in [0.3, 0.4) is 0 Å². The third-order valence-electron chi connectivity index (χ3n) is 4.26. The monoisotopic (exact) mass is 334 g/mol. The van der Waals surface area contributed by atoms with Gasteiger partial charge in [-0.3, -0.25) is 4.79 Å². The number of hydrogen-bond donors (Lipinski definition) is 1. The average molecular weight is 334 g/mol. The molecule has 0 aliphatic carbocycles. The number of aryl methyl sites for hydroxylation is 1. The fourth-order valence-electron chi connectivity index (χ4n) is 3.11. The highest BCUT2D eigenvalue weighted by Gasteiger charge is 2.41. The molecule has 0 saturated carbocycles. The highest BCUT2D eigenvalue weighted by molar-refractivity contribution is 7.91. The Morgan fingerprint density at radius 2 is 1.96 bits per heavy atom. The largest absolute Gasteiger partial charge is 0.316 e. The molecule has 1 fully saturated rings. The lowest BCUT2D eigenvalue weighted by Gasteiger charge is -2.28. The molecule has 0 aromatic heterocycles. The topological polar surface area (TPSA) is 67.6 Å². The van der Waals surface area contributed by atoms with Gasteiger partial charge in [0.2, 0.25) is 0 Å². The Bertz CT molecular complexity index is 714. The normalized spacial score (nSPS) is 17.4. The summed E-state index contributed by atoms with van der Waals surface area (Å²) in [5.41, 5.74) is 1.44. The van der Waals surface area contributed by atoms with Crippen molar-refractivity contribution >= 4 is 15.6 Å². The number of benzene rings is 1. The van der Waals surface area contributed by atoms with Gasteiger partial charge in [-0.15, -0.1) is 0 Å². The molecule has 1 aromatic rings. The maximum absolute atomic E-state index is 11.8. The number of carbonyl (C=O) groups excluding carboxylic acids is 1. The lowest BCUT2D eigenvalue weighted by molar-refractivity contribution is -0.116. The van der Waals surface area contributed by atoms with Crippen LogP contribution in [0.2, 0.25) is 0 Å². The van der Waals surface area contributed by atoms with Gasteiger partial charge in [0.1, 0.15) is 11.5 Å². The lowest BCUT2D eigenvalue weighted by Crippen LogP contribution is -2.38. The van der Waals surface area contributed by atoms with Gasteiger partial charge in [0, 0.05) is 44.2 Å². The molecule has 0 amide bonds. The van der Waals surface area contributed by atoms with Gasteiger partial charge in [0.25, 0.3) is 5.54 Å². The second-order valence-corrected chi connectivity index (χ2v) is 8.30. The van der Waals surface area contributed by atoms with Gasteiger partial charge < -0.3 is 10.2 Å². The van der Waals surface area contributed by atoms with Crippen molar-refractivity contribution in [3.8, 4) is 0 Å². The molecule has 1 aromatic carbocycles. The summed E-state index contributed by atoms with van der Waals surface area (Å²) in [5.74, 6) is -0.683. The number of rotatable bonds is 6. The van der Waals surface area contributed by atoms with Crippen LogP contribution in [-0.4, -0.2) is 39.3 Å². The van der Waals surface area contributed by atoms with E-state index in [1.54, 1.807) is 0 Å². The summed E-state index contributed by atoms with van der Waals surface area (Å²) in [6.07, 6.45) is 3.25. The number of hydrogen-bond acceptors (Lipinski definition) is 4. The zero-order valence-electron chi connectivity index (χ0n) is 13.3. The van der Waals surface area contributed by atoms with E-state index in [-0.39, 0.29) is 12.2 Å². The number of carbonyl (C=O) groups is 1. The van der Waals surface area contributed by atoms with Crippen molar-refractivity contribution in [3.63, 3.8) is 0 Å². The molecule has 1 heterocycles. The molecular formula is C17H22N2O3S. The minimum atomic E-state index is -3.28. The molecule has 1 N–H and O–H groups in total. The summed E-state index contributed by atoms with van der Waals surface area (Å²) in [6.45, 7) is 9.28. The molecule has 0 unspecified atom stereocenters. The highest BCUT2D eigenvalue weighted by atomic mass is 32.2.